The van der Waals surface area contributed by atoms with E-state index >= 15 is 0 Å². The Morgan fingerprint density at radius 2 is 2.04 bits per heavy atom. The van der Waals surface area contributed by atoms with Crippen LogP contribution in [0.2, 0.25) is 0 Å². The molecule has 1 heterocycles. The molecule has 1 atom stereocenters. The first-order valence-electron chi connectivity index (χ1n) is 7.82. The maximum absolute atomic E-state index is 12.3. The van der Waals surface area contributed by atoms with Gasteiger partial charge in [-0.1, -0.05) is 17.7 Å². The van der Waals surface area contributed by atoms with Gasteiger partial charge in [0.15, 0.2) is 5.78 Å². The summed E-state index contributed by atoms with van der Waals surface area (Å²) in [5, 5.41) is 27.7. The third-order valence-corrected chi connectivity index (χ3v) is 4.37. The normalized spacial score (nSPS) is 25.9. The molecule has 0 aromatic rings. The van der Waals surface area contributed by atoms with Gasteiger partial charge >= 0.3 is 5.97 Å². The van der Waals surface area contributed by atoms with Crippen molar-refractivity contribution >= 4 is 29.1 Å². The Morgan fingerprint density at radius 3 is 2.79 bits per heavy atom. The van der Waals surface area contributed by atoms with Crippen LogP contribution in [0.15, 0.2) is 34.1 Å². The number of ketones is 1. The highest BCUT2D eigenvalue weighted by Gasteiger charge is 2.32. The summed E-state index contributed by atoms with van der Waals surface area (Å²) in [6.45, 7) is 0.106. The minimum Gasteiger partial charge on any atom is -0.511 e. The molecule has 0 radical (unpaired) electrons. The van der Waals surface area contributed by atoms with Crippen molar-refractivity contribution in [2.45, 2.75) is 44.6 Å². The van der Waals surface area contributed by atoms with E-state index < -0.39 is 12.1 Å². The molecular formula is C17H20ClNO5. The standard InChI is InChI=1S/C17H20ClNO5/c18-16-12-8-11(20)6-2-1-4-10(19)5-3-7-24-17(23)15(12)13(21)9-14(16)22/h2,6,14,19,21-22H,1,3-5,7-9H2/b6-2+,19-10?. The summed E-state index contributed by atoms with van der Waals surface area (Å²) < 4.78 is 5.14. The molecule has 2 aliphatic rings. The van der Waals surface area contributed by atoms with Crippen molar-refractivity contribution in [3.05, 3.63) is 34.1 Å². The van der Waals surface area contributed by atoms with E-state index in [1.807, 2.05) is 0 Å². The fraction of sp³-hybridized carbons (Fsp3) is 0.471. The molecule has 3 N–H and O–H groups in total. The molecule has 0 bridgehead atoms. The van der Waals surface area contributed by atoms with Crippen LogP contribution in [-0.2, 0) is 14.3 Å². The molecular weight excluding hydrogens is 334 g/mol. The molecule has 1 aliphatic heterocycles. The van der Waals surface area contributed by atoms with E-state index in [0.717, 1.165) is 0 Å². The van der Waals surface area contributed by atoms with Crippen LogP contribution in [0.1, 0.15) is 38.5 Å². The first-order chi connectivity index (χ1) is 11.4. The van der Waals surface area contributed by atoms with Crippen LogP contribution in [-0.4, -0.2) is 40.4 Å². The molecule has 0 saturated carbocycles. The van der Waals surface area contributed by atoms with Gasteiger partial charge in [-0.25, -0.2) is 4.79 Å². The van der Waals surface area contributed by atoms with Crippen LogP contribution < -0.4 is 0 Å². The largest absolute Gasteiger partial charge is 0.511 e. The van der Waals surface area contributed by atoms with Crippen molar-refractivity contribution in [1.29, 1.82) is 5.41 Å². The van der Waals surface area contributed by atoms with E-state index in [-0.39, 0.29) is 47.2 Å². The van der Waals surface area contributed by atoms with Gasteiger partial charge in [0.25, 0.3) is 0 Å². The van der Waals surface area contributed by atoms with E-state index in [9.17, 15) is 19.8 Å². The zero-order valence-electron chi connectivity index (χ0n) is 13.2. The second kappa shape index (κ2) is 8.26. The third-order valence-electron chi connectivity index (χ3n) is 3.89. The van der Waals surface area contributed by atoms with E-state index in [1.165, 1.54) is 6.08 Å². The number of cyclic esters (lactones) is 1. The monoisotopic (exact) mass is 353 g/mol. The number of carbonyl (C=O) groups excluding carboxylic acids is 2. The van der Waals surface area contributed by atoms with Crippen molar-refractivity contribution in [1.82, 2.24) is 0 Å². The van der Waals surface area contributed by atoms with Crippen LogP contribution in [0.3, 0.4) is 0 Å². The molecule has 0 saturated heterocycles. The summed E-state index contributed by atoms with van der Waals surface area (Å²) in [6, 6.07) is 0. The quantitative estimate of drug-likeness (QED) is 0.580. The predicted molar refractivity (Wildman–Crippen MR) is 89.1 cm³/mol. The van der Waals surface area contributed by atoms with Crippen molar-refractivity contribution in [2.24, 2.45) is 0 Å². The Labute approximate surface area is 145 Å². The zero-order chi connectivity index (χ0) is 17.7. The number of allylic oxidation sites excluding steroid dienone is 2. The molecule has 0 spiro atoms. The molecule has 0 fully saturated rings. The Kier molecular flexibility index (Phi) is 6.34. The van der Waals surface area contributed by atoms with Gasteiger partial charge in [-0.3, -0.25) is 4.79 Å². The van der Waals surface area contributed by atoms with Crippen LogP contribution in [0.5, 0.6) is 0 Å². The lowest BCUT2D eigenvalue weighted by molar-refractivity contribution is -0.139. The SMILES string of the molecule is N=C1CC/C=C/C(=O)CC2=C(Cl)C(O)CC(O)=C2C(=O)OCCC1. The molecule has 130 valence electrons. The lowest BCUT2D eigenvalue weighted by atomic mass is 9.90. The molecule has 24 heavy (non-hydrogen) atoms. The lowest BCUT2D eigenvalue weighted by Gasteiger charge is -2.23. The average Bonchev–Trinajstić information content (AvgIpc) is 2.52. The number of ether oxygens (including phenoxy) is 1. The summed E-state index contributed by atoms with van der Waals surface area (Å²) in [4.78, 5) is 24.4. The van der Waals surface area contributed by atoms with Crippen LogP contribution >= 0.6 is 11.6 Å². The fourth-order valence-corrected chi connectivity index (χ4v) is 2.87. The third kappa shape index (κ3) is 4.55. The highest BCUT2D eigenvalue weighted by atomic mass is 35.5. The Balaban J connectivity index is 2.33. The highest BCUT2D eigenvalue weighted by Crippen LogP contribution is 2.35. The molecule has 0 aromatic carbocycles. The van der Waals surface area contributed by atoms with Crippen molar-refractivity contribution in [3.63, 3.8) is 0 Å². The van der Waals surface area contributed by atoms with Gasteiger partial charge in [-0.15, -0.1) is 0 Å². The summed E-state index contributed by atoms with van der Waals surface area (Å²) in [7, 11) is 0. The van der Waals surface area contributed by atoms with Gasteiger partial charge in [-0.2, -0.15) is 0 Å². The molecule has 1 unspecified atom stereocenters. The Hall–Kier alpha value is -1.92. The first kappa shape index (κ1) is 18.4. The second-order valence-electron chi connectivity index (χ2n) is 5.80. The number of rotatable bonds is 0. The number of aliphatic hydroxyl groups excluding tert-OH is 2. The van der Waals surface area contributed by atoms with E-state index in [2.05, 4.69) is 0 Å². The molecule has 7 heteroatoms. The van der Waals surface area contributed by atoms with E-state index in [1.54, 1.807) is 6.08 Å². The minimum atomic E-state index is -1.14. The van der Waals surface area contributed by atoms with E-state index in [0.29, 0.717) is 31.4 Å². The van der Waals surface area contributed by atoms with Gasteiger partial charge in [-0.05, 0) is 37.3 Å². The Bertz CT molecular complexity index is 647. The average molecular weight is 354 g/mol. The minimum absolute atomic E-state index is 0.0182. The highest BCUT2D eigenvalue weighted by molar-refractivity contribution is 6.31. The summed E-state index contributed by atoms with van der Waals surface area (Å²) in [5.74, 6) is -1.41. The van der Waals surface area contributed by atoms with Gasteiger partial charge in [0, 0.05) is 18.6 Å². The summed E-state index contributed by atoms with van der Waals surface area (Å²) >= 11 is 6.08. The van der Waals surface area contributed by atoms with Crippen molar-refractivity contribution < 1.29 is 24.5 Å². The van der Waals surface area contributed by atoms with Crippen LogP contribution in [0.25, 0.3) is 0 Å². The predicted octanol–water partition coefficient (Wildman–Crippen LogP) is 2.71. The maximum Gasteiger partial charge on any atom is 0.341 e. The second-order valence-corrected chi connectivity index (χ2v) is 6.20. The summed E-state index contributed by atoms with van der Waals surface area (Å²) in [6.07, 6.45) is 3.64. The topological polar surface area (TPSA) is 108 Å². The fourth-order valence-electron chi connectivity index (χ4n) is 2.64. The summed E-state index contributed by atoms with van der Waals surface area (Å²) in [5.41, 5.74) is 0.503. The van der Waals surface area contributed by atoms with Gasteiger partial charge in [0.05, 0.1) is 17.7 Å². The number of carbonyl (C=O) groups is 2. The van der Waals surface area contributed by atoms with Crippen LogP contribution in [0, 0.1) is 5.41 Å². The number of esters is 1. The van der Waals surface area contributed by atoms with Crippen LogP contribution in [0.4, 0.5) is 0 Å². The maximum atomic E-state index is 12.3. The number of fused-ring (bicyclic) bond motifs is 1. The molecule has 0 amide bonds. The van der Waals surface area contributed by atoms with Gasteiger partial charge < -0.3 is 20.4 Å². The molecule has 6 nitrogen and oxygen atoms in total. The number of aliphatic hydroxyl groups is 2. The van der Waals surface area contributed by atoms with E-state index in [4.69, 9.17) is 21.7 Å². The van der Waals surface area contributed by atoms with Crippen molar-refractivity contribution in [2.75, 3.05) is 6.61 Å². The first-order valence-corrected chi connectivity index (χ1v) is 8.19. The number of nitrogens with one attached hydrogen (secondary N) is 1. The zero-order valence-corrected chi connectivity index (χ0v) is 13.9. The van der Waals surface area contributed by atoms with Gasteiger partial charge in [0.1, 0.15) is 11.3 Å². The number of hydrogen-bond donors (Lipinski definition) is 3. The van der Waals surface area contributed by atoms with Gasteiger partial charge in [0.2, 0.25) is 0 Å². The smallest absolute Gasteiger partial charge is 0.341 e. The van der Waals surface area contributed by atoms with Crippen molar-refractivity contribution in [3.8, 4) is 0 Å². The molecule has 2 rings (SSSR count). The number of hydrogen-bond acceptors (Lipinski definition) is 6. The lowest BCUT2D eigenvalue weighted by Crippen LogP contribution is -2.24. The number of halogens is 1. The Morgan fingerprint density at radius 1 is 1.29 bits per heavy atom. The molecule has 1 aliphatic carbocycles. The molecule has 0 aromatic heterocycles.